The van der Waals surface area contributed by atoms with Gasteiger partial charge in [-0.3, -0.25) is 4.79 Å². The molecule has 2 unspecified atom stereocenters. The van der Waals surface area contributed by atoms with Gasteiger partial charge >= 0.3 is 12.1 Å². The van der Waals surface area contributed by atoms with E-state index in [0.717, 1.165) is 0 Å². The summed E-state index contributed by atoms with van der Waals surface area (Å²) in [5.41, 5.74) is 0.795. The van der Waals surface area contributed by atoms with E-state index in [9.17, 15) is 23.1 Å². The molecule has 2 atom stereocenters. The molecule has 0 aromatic carbocycles. The predicted octanol–water partition coefficient (Wildman–Crippen LogP) is 1.34. The molecule has 0 fully saturated rings. The number of hydrogen-bond acceptors (Lipinski definition) is 4. The zero-order valence-electron chi connectivity index (χ0n) is 9.64. The molecule has 0 radical (unpaired) electrons. The first-order valence-corrected chi connectivity index (χ1v) is 5.81. The van der Waals surface area contributed by atoms with Gasteiger partial charge in [-0.25, -0.2) is 0 Å². The number of halogens is 4. The van der Waals surface area contributed by atoms with Crippen molar-refractivity contribution in [3.05, 3.63) is 0 Å². The third-order valence-corrected chi connectivity index (χ3v) is 2.72. The molecule has 17 heavy (non-hydrogen) atoms. The first kappa shape index (κ1) is 16.7. The fraction of sp³-hybridized carbons (Fsp3) is 0.889. The highest BCUT2D eigenvalue weighted by atomic mass is 79.9. The van der Waals surface area contributed by atoms with E-state index in [4.69, 9.17) is 10.5 Å². The van der Waals surface area contributed by atoms with Gasteiger partial charge in [0.05, 0.1) is 0 Å². The molecule has 0 amide bonds. The lowest BCUT2D eigenvalue weighted by atomic mass is 9.96. The first-order chi connectivity index (χ1) is 7.35. The summed E-state index contributed by atoms with van der Waals surface area (Å²) < 4.78 is 42.4. The van der Waals surface area contributed by atoms with Gasteiger partial charge in [-0.1, -0.05) is 15.9 Å². The van der Waals surface area contributed by atoms with Crippen LogP contribution < -0.4 is 5.73 Å². The second-order valence-electron chi connectivity index (χ2n) is 4.57. The minimum Gasteiger partial charge on any atom is -0.459 e. The van der Waals surface area contributed by atoms with Crippen LogP contribution in [0.3, 0.4) is 0 Å². The Bertz CT molecular complexity index is 290. The monoisotopic (exact) mass is 321 g/mol. The van der Waals surface area contributed by atoms with Gasteiger partial charge in [-0.15, -0.1) is 0 Å². The predicted molar refractivity (Wildman–Crippen MR) is 58.6 cm³/mol. The lowest BCUT2D eigenvalue weighted by Gasteiger charge is -2.34. The summed E-state index contributed by atoms with van der Waals surface area (Å²) in [5.74, 6) is -1.31. The lowest BCUT2D eigenvalue weighted by Crippen LogP contribution is -2.63. The van der Waals surface area contributed by atoms with E-state index < -0.39 is 34.7 Å². The van der Waals surface area contributed by atoms with Gasteiger partial charge in [0.2, 0.25) is 0 Å². The molecule has 0 heterocycles. The molecular formula is C9H15BrF3NO3. The zero-order valence-corrected chi connectivity index (χ0v) is 11.2. The van der Waals surface area contributed by atoms with Crippen LogP contribution in [-0.4, -0.2) is 39.8 Å². The number of hydrogen-bond donors (Lipinski definition) is 2. The molecule has 0 aliphatic rings. The Hall–Kier alpha value is -0.340. The Morgan fingerprint density at radius 2 is 1.82 bits per heavy atom. The van der Waals surface area contributed by atoms with E-state index in [1.165, 1.54) is 20.8 Å². The number of alkyl halides is 4. The molecule has 0 bridgehead atoms. The molecule has 8 heteroatoms. The summed E-state index contributed by atoms with van der Waals surface area (Å²) in [5, 5.41) is 8.48. The molecule has 102 valence electrons. The average molecular weight is 322 g/mol. The Balaban J connectivity index is 5.01. The fourth-order valence-corrected chi connectivity index (χ4v) is 1.56. The number of nitrogens with two attached hydrogens (primary N) is 1. The van der Waals surface area contributed by atoms with E-state index in [0.29, 0.717) is 0 Å². The number of rotatable bonds is 3. The van der Waals surface area contributed by atoms with Gasteiger partial charge in [0.25, 0.3) is 0 Å². The number of esters is 1. The summed E-state index contributed by atoms with van der Waals surface area (Å²) in [7, 11) is 0. The second-order valence-corrected chi connectivity index (χ2v) is 5.13. The van der Waals surface area contributed by atoms with Gasteiger partial charge in [0.15, 0.2) is 5.60 Å². The van der Waals surface area contributed by atoms with Crippen LogP contribution in [0, 0.1) is 0 Å². The Kier molecular flexibility index (Phi) is 5.01. The molecule has 0 aromatic heterocycles. The third-order valence-electron chi connectivity index (χ3n) is 1.87. The van der Waals surface area contributed by atoms with Crippen molar-refractivity contribution in [2.75, 3.05) is 5.33 Å². The highest BCUT2D eigenvalue weighted by Crippen LogP contribution is 2.34. The van der Waals surface area contributed by atoms with Gasteiger partial charge in [-0.2, -0.15) is 13.2 Å². The molecule has 0 rings (SSSR count). The van der Waals surface area contributed by atoms with Crippen LogP contribution in [0.2, 0.25) is 0 Å². The SMILES string of the molecule is CC(C)(C)OC(=O)C(N)C(O)(CBr)C(F)(F)F. The van der Waals surface area contributed by atoms with Gasteiger partial charge in [-0.05, 0) is 20.8 Å². The van der Waals surface area contributed by atoms with Crippen molar-refractivity contribution in [1.82, 2.24) is 0 Å². The summed E-state index contributed by atoms with van der Waals surface area (Å²) in [6, 6.07) is -2.21. The molecule has 0 spiro atoms. The summed E-state index contributed by atoms with van der Waals surface area (Å²) in [6.07, 6.45) is -5.03. The molecule has 3 N–H and O–H groups in total. The van der Waals surface area contributed by atoms with Crippen molar-refractivity contribution >= 4 is 21.9 Å². The normalized spacial score (nSPS) is 18.4. The maximum atomic E-state index is 12.6. The van der Waals surface area contributed by atoms with Gasteiger partial charge in [0.1, 0.15) is 11.6 Å². The topological polar surface area (TPSA) is 72.5 Å². The summed E-state index contributed by atoms with van der Waals surface area (Å²) >= 11 is 2.50. The number of carbonyl (C=O) groups excluding carboxylic acids is 1. The Morgan fingerprint density at radius 3 is 2.06 bits per heavy atom. The van der Waals surface area contributed by atoms with E-state index >= 15 is 0 Å². The van der Waals surface area contributed by atoms with Crippen LogP contribution in [0.4, 0.5) is 13.2 Å². The van der Waals surface area contributed by atoms with Crippen LogP contribution in [0.25, 0.3) is 0 Å². The van der Waals surface area contributed by atoms with E-state index in [1.54, 1.807) is 0 Å². The number of carbonyl (C=O) groups is 1. The highest BCUT2D eigenvalue weighted by Gasteiger charge is 2.59. The molecule has 0 aromatic rings. The standard InChI is InChI=1S/C9H15BrF3NO3/c1-7(2,3)17-6(15)5(14)8(16,4-10)9(11,12)13/h5,16H,4,14H2,1-3H3. The van der Waals surface area contributed by atoms with Crippen molar-refractivity contribution in [2.24, 2.45) is 5.73 Å². The van der Waals surface area contributed by atoms with Crippen molar-refractivity contribution in [1.29, 1.82) is 0 Å². The van der Waals surface area contributed by atoms with Crippen LogP contribution in [-0.2, 0) is 9.53 Å². The molecule has 0 saturated heterocycles. The van der Waals surface area contributed by atoms with Gasteiger partial charge in [0, 0.05) is 5.33 Å². The molecule has 4 nitrogen and oxygen atoms in total. The molecular weight excluding hydrogens is 307 g/mol. The third kappa shape index (κ3) is 4.11. The van der Waals surface area contributed by atoms with Crippen molar-refractivity contribution in [3.8, 4) is 0 Å². The number of ether oxygens (including phenoxy) is 1. The van der Waals surface area contributed by atoms with Crippen LogP contribution >= 0.6 is 15.9 Å². The summed E-state index contributed by atoms with van der Waals surface area (Å²) in [4.78, 5) is 11.4. The highest BCUT2D eigenvalue weighted by molar-refractivity contribution is 9.09. The largest absolute Gasteiger partial charge is 0.459 e. The smallest absolute Gasteiger partial charge is 0.420 e. The minimum atomic E-state index is -5.03. The zero-order chi connectivity index (χ0) is 14.1. The van der Waals surface area contributed by atoms with E-state index in [1.807, 2.05) is 0 Å². The lowest BCUT2D eigenvalue weighted by molar-refractivity contribution is -0.259. The Morgan fingerprint density at radius 1 is 1.41 bits per heavy atom. The van der Waals surface area contributed by atoms with Crippen molar-refractivity contribution in [2.45, 2.75) is 44.2 Å². The van der Waals surface area contributed by atoms with E-state index in [-0.39, 0.29) is 0 Å². The maximum absolute atomic E-state index is 12.6. The van der Waals surface area contributed by atoms with E-state index in [2.05, 4.69) is 15.9 Å². The molecule has 0 saturated carbocycles. The molecule has 0 aliphatic heterocycles. The van der Waals surface area contributed by atoms with Gasteiger partial charge < -0.3 is 15.6 Å². The second kappa shape index (κ2) is 5.11. The molecule has 0 aliphatic carbocycles. The minimum absolute atomic E-state index is 0.913. The first-order valence-electron chi connectivity index (χ1n) is 4.68. The van der Waals surface area contributed by atoms with Crippen LogP contribution in [0.15, 0.2) is 0 Å². The quantitative estimate of drug-likeness (QED) is 0.608. The fourth-order valence-electron chi connectivity index (χ4n) is 0.895. The summed E-state index contributed by atoms with van der Waals surface area (Å²) in [6.45, 7) is 4.45. The van der Waals surface area contributed by atoms with Crippen molar-refractivity contribution < 1.29 is 27.8 Å². The Labute approximate surface area is 105 Å². The van der Waals surface area contributed by atoms with Crippen molar-refractivity contribution in [3.63, 3.8) is 0 Å². The average Bonchev–Trinajstić information content (AvgIpc) is 2.10. The van der Waals surface area contributed by atoms with Crippen LogP contribution in [0.5, 0.6) is 0 Å². The maximum Gasteiger partial charge on any atom is 0.420 e. The number of aliphatic hydroxyl groups is 1. The van der Waals surface area contributed by atoms with Crippen LogP contribution in [0.1, 0.15) is 20.8 Å².